The maximum atomic E-state index is 13.1. The van der Waals surface area contributed by atoms with E-state index in [0.29, 0.717) is 24.6 Å². The molecule has 0 bridgehead atoms. The molecule has 8 heteroatoms. The van der Waals surface area contributed by atoms with Gasteiger partial charge in [-0.1, -0.05) is 26.0 Å². The molecule has 3 rings (SSSR count). The third kappa shape index (κ3) is 3.85. The molecule has 28 heavy (non-hydrogen) atoms. The average Bonchev–Trinajstić information content (AvgIpc) is 3.05. The van der Waals surface area contributed by atoms with Crippen LogP contribution in [-0.2, 0) is 14.4 Å². The van der Waals surface area contributed by atoms with Gasteiger partial charge in [0.15, 0.2) is 0 Å². The number of imide groups is 1. The molecule has 0 unspecified atom stereocenters. The zero-order valence-electron chi connectivity index (χ0n) is 16.1. The van der Waals surface area contributed by atoms with Gasteiger partial charge < -0.3 is 15.3 Å². The molecule has 2 aliphatic rings. The lowest BCUT2D eigenvalue weighted by Gasteiger charge is -2.37. The quantitative estimate of drug-likeness (QED) is 0.777. The van der Waals surface area contributed by atoms with Gasteiger partial charge in [0.05, 0.1) is 11.7 Å². The molecule has 2 aliphatic heterocycles. The molecular weight excluding hydrogens is 362 g/mol. The summed E-state index contributed by atoms with van der Waals surface area (Å²) in [5.74, 6) is -1.30. The molecule has 2 fully saturated rings. The van der Waals surface area contributed by atoms with Crippen LogP contribution in [0.4, 0.5) is 10.5 Å². The molecule has 1 aromatic rings. The molecule has 0 saturated carbocycles. The maximum absolute atomic E-state index is 13.1. The number of anilines is 1. The molecule has 0 aromatic heterocycles. The van der Waals surface area contributed by atoms with E-state index in [1.165, 1.54) is 4.90 Å². The Bertz CT molecular complexity index is 790. The van der Waals surface area contributed by atoms with Crippen molar-refractivity contribution < 1.29 is 24.3 Å². The van der Waals surface area contributed by atoms with Gasteiger partial charge in [-0.2, -0.15) is 0 Å². The molecular formula is C20H25N3O5. The standard InChI is InChI=1S/C20H25N3O5/c1-12(2)13-6-8-14(9-7-13)23-19(27)18-15(21-20(23)28)10-11-22(18)16(24)4-3-5-17(25)26/h6-9,12,15,18H,3-5,10-11H2,1-2H3,(H,21,28)(H,25,26)/t15-,18+/m1/s1. The number of aliphatic carboxylic acids is 1. The smallest absolute Gasteiger partial charge is 0.329 e. The van der Waals surface area contributed by atoms with Crippen LogP contribution in [0.1, 0.15) is 51.0 Å². The zero-order chi connectivity index (χ0) is 20.4. The van der Waals surface area contributed by atoms with Crippen molar-refractivity contribution in [2.24, 2.45) is 0 Å². The van der Waals surface area contributed by atoms with E-state index < -0.39 is 30.0 Å². The minimum Gasteiger partial charge on any atom is -0.481 e. The van der Waals surface area contributed by atoms with Crippen molar-refractivity contribution in [3.05, 3.63) is 29.8 Å². The molecule has 0 spiro atoms. The summed E-state index contributed by atoms with van der Waals surface area (Å²) in [5, 5.41) is 11.6. The first-order chi connectivity index (χ1) is 13.3. The summed E-state index contributed by atoms with van der Waals surface area (Å²) in [5.41, 5.74) is 1.57. The van der Waals surface area contributed by atoms with Gasteiger partial charge in [0.1, 0.15) is 6.04 Å². The average molecular weight is 387 g/mol. The van der Waals surface area contributed by atoms with E-state index in [2.05, 4.69) is 19.2 Å². The van der Waals surface area contributed by atoms with Crippen LogP contribution >= 0.6 is 0 Å². The summed E-state index contributed by atoms with van der Waals surface area (Å²) >= 11 is 0. The number of rotatable bonds is 6. The number of fused-ring (bicyclic) bond motifs is 1. The van der Waals surface area contributed by atoms with Gasteiger partial charge in [-0.15, -0.1) is 0 Å². The van der Waals surface area contributed by atoms with Crippen molar-refractivity contribution in [1.29, 1.82) is 0 Å². The van der Waals surface area contributed by atoms with Crippen LogP contribution in [0.15, 0.2) is 24.3 Å². The van der Waals surface area contributed by atoms with Crippen LogP contribution in [0, 0.1) is 0 Å². The van der Waals surface area contributed by atoms with Crippen LogP contribution < -0.4 is 10.2 Å². The molecule has 0 radical (unpaired) electrons. The third-order valence-corrected chi connectivity index (χ3v) is 5.30. The number of hydrogen-bond acceptors (Lipinski definition) is 4. The fraction of sp³-hybridized carbons (Fsp3) is 0.500. The number of benzene rings is 1. The second kappa shape index (κ2) is 8.00. The first-order valence-electron chi connectivity index (χ1n) is 9.55. The number of hydrogen-bond donors (Lipinski definition) is 2. The number of nitrogens with one attached hydrogen (secondary N) is 1. The Kier molecular flexibility index (Phi) is 5.67. The Balaban J connectivity index is 1.77. The molecule has 4 amide bonds. The molecule has 8 nitrogen and oxygen atoms in total. The number of urea groups is 1. The fourth-order valence-corrected chi connectivity index (χ4v) is 3.77. The number of amides is 4. The number of carboxylic acid groups (broad SMARTS) is 1. The Hall–Kier alpha value is -2.90. The first-order valence-corrected chi connectivity index (χ1v) is 9.55. The van der Waals surface area contributed by atoms with E-state index in [9.17, 15) is 19.2 Å². The molecule has 1 aromatic carbocycles. The third-order valence-electron chi connectivity index (χ3n) is 5.30. The minimum absolute atomic E-state index is 0.0693. The fourth-order valence-electron chi connectivity index (χ4n) is 3.77. The summed E-state index contributed by atoms with van der Waals surface area (Å²) in [6.07, 6.45) is 0.711. The summed E-state index contributed by atoms with van der Waals surface area (Å²) in [4.78, 5) is 51.4. The summed E-state index contributed by atoms with van der Waals surface area (Å²) in [6.45, 7) is 4.49. The lowest BCUT2D eigenvalue weighted by molar-refractivity contribution is -0.139. The van der Waals surface area contributed by atoms with Gasteiger partial charge >= 0.3 is 12.0 Å². The number of likely N-dealkylation sites (tertiary alicyclic amines) is 1. The van der Waals surface area contributed by atoms with Crippen molar-refractivity contribution in [2.75, 3.05) is 11.4 Å². The highest BCUT2D eigenvalue weighted by molar-refractivity contribution is 6.19. The molecule has 2 N–H and O–H groups in total. The van der Waals surface area contributed by atoms with Crippen molar-refractivity contribution in [3.8, 4) is 0 Å². The molecule has 2 heterocycles. The van der Waals surface area contributed by atoms with E-state index in [-0.39, 0.29) is 25.2 Å². The van der Waals surface area contributed by atoms with Gasteiger partial charge in [-0.3, -0.25) is 14.4 Å². The lowest BCUT2D eigenvalue weighted by Crippen LogP contribution is -2.65. The summed E-state index contributed by atoms with van der Waals surface area (Å²) in [7, 11) is 0. The highest BCUT2D eigenvalue weighted by Gasteiger charge is 2.49. The van der Waals surface area contributed by atoms with E-state index in [0.717, 1.165) is 10.5 Å². The van der Waals surface area contributed by atoms with Gasteiger partial charge in [-0.05, 0) is 36.5 Å². The zero-order valence-corrected chi connectivity index (χ0v) is 16.1. The summed E-state index contributed by atoms with van der Waals surface area (Å²) in [6, 6.07) is 5.60. The van der Waals surface area contributed by atoms with Crippen LogP contribution in [0.25, 0.3) is 0 Å². The molecule has 2 saturated heterocycles. The second-order valence-corrected chi connectivity index (χ2v) is 7.54. The Labute approximate surface area is 163 Å². The van der Waals surface area contributed by atoms with Gasteiger partial charge in [0, 0.05) is 19.4 Å². The normalized spacial score (nSPS) is 21.7. The maximum Gasteiger partial charge on any atom is 0.329 e. The van der Waals surface area contributed by atoms with Gasteiger partial charge in [-0.25, -0.2) is 9.69 Å². The van der Waals surface area contributed by atoms with Crippen LogP contribution in [0.5, 0.6) is 0 Å². The van der Waals surface area contributed by atoms with Gasteiger partial charge in [0.25, 0.3) is 5.91 Å². The van der Waals surface area contributed by atoms with E-state index in [1.807, 2.05) is 12.1 Å². The van der Waals surface area contributed by atoms with Crippen molar-refractivity contribution in [2.45, 2.75) is 57.5 Å². The molecule has 0 aliphatic carbocycles. The van der Waals surface area contributed by atoms with Crippen molar-refractivity contribution in [1.82, 2.24) is 10.2 Å². The van der Waals surface area contributed by atoms with Crippen molar-refractivity contribution >= 4 is 29.5 Å². The Morgan fingerprint density at radius 2 is 1.86 bits per heavy atom. The van der Waals surface area contributed by atoms with E-state index >= 15 is 0 Å². The Morgan fingerprint density at radius 3 is 2.46 bits per heavy atom. The highest BCUT2D eigenvalue weighted by atomic mass is 16.4. The van der Waals surface area contributed by atoms with Crippen LogP contribution in [0.3, 0.4) is 0 Å². The van der Waals surface area contributed by atoms with Crippen LogP contribution in [-0.4, -0.2) is 52.4 Å². The highest BCUT2D eigenvalue weighted by Crippen LogP contribution is 2.29. The number of nitrogens with zero attached hydrogens (tertiary/aromatic N) is 2. The largest absolute Gasteiger partial charge is 0.481 e. The van der Waals surface area contributed by atoms with E-state index in [4.69, 9.17) is 5.11 Å². The van der Waals surface area contributed by atoms with E-state index in [1.54, 1.807) is 12.1 Å². The van der Waals surface area contributed by atoms with Crippen molar-refractivity contribution in [3.63, 3.8) is 0 Å². The predicted molar refractivity (Wildman–Crippen MR) is 102 cm³/mol. The molecule has 2 atom stereocenters. The number of carboxylic acids is 1. The van der Waals surface area contributed by atoms with Gasteiger partial charge in [0.2, 0.25) is 5.91 Å². The number of carbonyl (C=O) groups is 4. The molecule has 150 valence electrons. The van der Waals surface area contributed by atoms with Crippen LogP contribution in [0.2, 0.25) is 0 Å². The monoisotopic (exact) mass is 387 g/mol. The first kappa shape index (κ1) is 19.9. The minimum atomic E-state index is -0.955. The SMILES string of the molecule is CC(C)c1ccc(N2C(=O)N[C@@H]3CCN(C(=O)CCCC(=O)O)[C@@H]3C2=O)cc1. The number of carbonyl (C=O) groups excluding carboxylic acids is 3. The summed E-state index contributed by atoms with van der Waals surface area (Å²) < 4.78 is 0. The second-order valence-electron chi connectivity index (χ2n) is 7.54. The lowest BCUT2D eigenvalue weighted by atomic mass is 10.0. The topological polar surface area (TPSA) is 107 Å². The predicted octanol–water partition coefficient (Wildman–Crippen LogP) is 2.09. The Morgan fingerprint density at radius 1 is 1.18 bits per heavy atom.